The summed E-state index contributed by atoms with van der Waals surface area (Å²) in [5.41, 5.74) is 3.99. The molecule has 0 bridgehead atoms. The summed E-state index contributed by atoms with van der Waals surface area (Å²) in [7, 11) is 0. The molecule has 0 spiro atoms. The highest BCUT2D eigenvalue weighted by Gasteiger charge is 2.14. The van der Waals surface area contributed by atoms with E-state index in [1.54, 1.807) is 26.0 Å². The summed E-state index contributed by atoms with van der Waals surface area (Å²) >= 11 is 0. The molecule has 176 valence electrons. The van der Waals surface area contributed by atoms with Crippen LogP contribution >= 0.6 is 0 Å². The molecule has 0 aliphatic heterocycles. The van der Waals surface area contributed by atoms with Crippen molar-refractivity contribution in [3.8, 4) is 22.6 Å². The number of aryl methyl sites for hydroxylation is 1. The second-order valence-electron chi connectivity index (χ2n) is 7.49. The van der Waals surface area contributed by atoms with Gasteiger partial charge in [-0.05, 0) is 61.7 Å². The van der Waals surface area contributed by atoms with Crippen LogP contribution in [0.15, 0.2) is 60.7 Å². The molecule has 0 amide bonds. The van der Waals surface area contributed by atoms with Gasteiger partial charge in [-0.25, -0.2) is 9.59 Å². The minimum absolute atomic E-state index is 0.0695. The van der Waals surface area contributed by atoms with E-state index in [1.165, 1.54) is 0 Å². The molecule has 0 aliphatic rings. The van der Waals surface area contributed by atoms with Gasteiger partial charge in [0.05, 0.1) is 6.61 Å². The Labute approximate surface area is 194 Å². The summed E-state index contributed by atoms with van der Waals surface area (Å²) in [5, 5.41) is 8.93. The predicted octanol–water partition coefficient (Wildman–Crippen LogP) is 4.15. The third-order valence-corrected chi connectivity index (χ3v) is 4.59. The van der Waals surface area contributed by atoms with Crippen LogP contribution in [0.2, 0.25) is 0 Å². The van der Waals surface area contributed by atoms with E-state index in [2.05, 4.69) is 13.2 Å². The van der Waals surface area contributed by atoms with Crippen molar-refractivity contribution in [3.05, 3.63) is 71.8 Å². The van der Waals surface area contributed by atoms with Gasteiger partial charge in [0.25, 0.3) is 0 Å². The number of ether oxygens (including phenoxy) is 4. The largest absolute Gasteiger partial charge is 0.491 e. The van der Waals surface area contributed by atoms with E-state index in [0.29, 0.717) is 22.6 Å². The van der Waals surface area contributed by atoms with E-state index >= 15 is 0 Å². The lowest BCUT2D eigenvalue weighted by Crippen LogP contribution is -2.13. The number of rotatable bonds is 12. The summed E-state index contributed by atoms with van der Waals surface area (Å²) in [4.78, 5) is 23.4. The normalized spacial score (nSPS) is 10.3. The molecule has 0 saturated carbocycles. The van der Waals surface area contributed by atoms with Gasteiger partial charge >= 0.3 is 11.9 Å². The summed E-state index contributed by atoms with van der Waals surface area (Å²) in [6.07, 6.45) is 0. The summed E-state index contributed by atoms with van der Waals surface area (Å²) in [6.45, 7) is 12.7. The highest BCUT2D eigenvalue weighted by molar-refractivity contribution is 5.87. The van der Waals surface area contributed by atoms with Crippen molar-refractivity contribution in [3.63, 3.8) is 0 Å². The number of hydrogen-bond donors (Lipinski definition) is 1. The van der Waals surface area contributed by atoms with E-state index in [9.17, 15) is 9.59 Å². The maximum Gasteiger partial charge on any atom is 0.333 e. The molecule has 0 heterocycles. The van der Waals surface area contributed by atoms with Gasteiger partial charge in [-0.2, -0.15) is 0 Å². The number of carbonyl (C=O) groups is 2. The summed E-state index contributed by atoms with van der Waals surface area (Å²) < 4.78 is 21.8. The average Bonchev–Trinajstić information content (AvgIpc) is 2.79. The van der Waals surface area contributed by atoms with Crippen molar-refractivity contribution >= 4 is 11.9 Å². The number of esters is 2. The van der Waals surface area contributed by atoms with Gasteiger partial charge in [-0.1, -0.05) is 25.3 Å². The van der Waals surface area contributed by atoms with Crippen molar-refractivity contribution in [2.24, 2.45) is 0 Å². The second-order valence-corrected chi connectivity index (χ2v) is 7.49. The SMILES string of the molecule is C=C(C)C(=O)OCCOc1cc(C)c(COC(=O)C(=C)C)cc1-c1ccc(OCCO)cc1. The van der Waals surface area contributed by atoms with E-state index < -0.39 is 11.9 Å². The smallest absolute Gasteiger partial charge is 0.333 e. The Balaban J connectivity index is 2.27. The van der Waals surface area contributed by atoms with Crippen molar-refractivity contribution in [2.75, 3.05) is 26.4 Å². The molecule has 33 heavy (non-hydrogen) atoms. The van der Waals surface area contributed by atoms with Gasteiger partial charge in [0, 0.05) is 16.7 Å². The van der Waals surface area contributed by atoms with E-state index in [0.717, 1.165) is 22.3 Å². The minimum Gasteiger partial charge on any atom is -0.491 e. The fraction of sp³-hybridized carbons (Fsp3) is 0.308. The third-order valence-electron chi connectivity index (χ3n) is 4.59. The molecule has 1 N–H and O–H groups in total. The Hall–Kier alpha value is -3.58. The molecule has 0 aliphatic carbocycles. The molecular weight excluding hydrogens is 424 g/mol. The number of carbonyl (C=O) groups excluding carboxylic acids is 2. The van der Waals surface area contributed by atoms with Gasteiger partial charge in [0.2, 0.25) is 0 Å². The number of aliphatic hydroxyl groups is 1. The summed E-state index contributed by atoms with van der Waals surface area (Å²) in [5.74, 6) is 0.298. The molecule has 7 nitrogen and oxygen atoms in total. The molecule has 2 rings (SSSR count). The molecular formula is C26H30O7. The van der Waals surface area contributed by atoms with E-state index in [-0.39, 0.29) is 33.0 Å². The number of hydrogen-bond acceptors (Lipinski definition) is 7. The van der Waals surface area contributed by atoms with Crippen LogP contribution in [0.4, 0.5) is 0 Å². The fourth-order valence-electron chi connectivity index (χ4n) is 2.80. The van der Waals surface area contributed by atoms with Crippen LogP contribution in [0.25, 0.3) is 11.1 Å². The first-order chi connectivity index (χ1) is 15.7. The molecule has 0 atom stereocenters. The van der Waals surface area contributed by atoms with Gasteiger partial charge in [0.15, 0.2) is 0 Å². The molecule has 0 unspecified atom stereocenters. The number of benzene rings is 2. The van der Waals surface area contributed by atoms with Crippen molar-refractivity contribution < 1.29 is 33.6 Å². The lowest BCUT2D eigenvalue weighted by Gasteiger charge is -2.17. The first-order valence-electron chi connectivity index (χ1n) is 10.5. The zero-order valence-corrected chi connectivity index (χ0v) is 19.3. The molecule has 0 radical (unpaired) electrons. The Bertz CT molecular complexity index is 1010. The van der Waals surface area contributed by atoms with Crippen LogP contribution in [0.3, 0.4) is 0 Å². The highest BCUT2D eigenvalue weighted by Crippen LogP contribution is 2.34. The molecule has 7 heteroatoms. The fourth-order valence-corrected chi connectivity index (χ4v) is 2.80. The Morgan fingerprint density at radius 1 is 0.879 bits per heavy atom. The van der Waals surface area contributed by atoms with E-state index in [4.69, 9.17) is 24.1 Å². The quantitative estimate of drug-likeness (QED) is 0.293. The van der Waals surface area contributed by atoms with E-state index in [1.807, 2.05) is 31.2 Å². The molecule has 0 aromatic heterocycles. The van der Waals surface area contributed by atoms with Crippen LogP contribution in [0.5, 0.6) is 11.5 Å². The topological polar surface area (TPSA) is 91.3 Å². The average molecular weight is 455 g/mol. The van der Waals surface area contributed by atoms with Gasteiger partial charge in [0.1, 0.15) is 37.9 Å². The minimum atomic E-state index is -0.469. The molecule has 0 fully saturated rings. The van der Waals surface area contributed by atoms with Crippen molar-refractivity contribution in [2.45, 2.75) is 27.4 Å². The van der Waals surface area contributed by atoms with Crippen LogP contribution in [0.1, 0.15) is 25.0 Å². The first-order valence-corrected chi connectivity index (χ1v) is 10.5. The van der Waals surface area contributed by atoms with Gasteiger partial charge < -0.3 is 24.1 Å². The summed E-state index contributed by atoms with van der Waals surface area (Å²) in [6, 6.07) is 11.1. The Morgan fingerprint density at radius 3 is 2.12 bits per heavy atom. The van der Waals surface area contributed by atoms with Gasteiger partial charge in [-0.3, -0.25) is 0 Å². The molecule has 2 aromatic rings. The zero-order chi connectivity index (χ0) is 24.4. The lowest BCUT2D eigenvalue weighted by atomic mass is 9.98. The zero-order valence-electron chi connectivity index (χ0n) is 19.3. The predicted molar refractivity (Wildman–Crippen MR) is 125 cm³/mol. The third kappa shape index (κ3) is 7.80. The standard InChI is InChI=1S/C26H30O7/c1-17(2)25(28)32-13-12-31-24-14-19(5)21(16-33-26(29)18(3)4)15-23(24)20-6-8-22(9-7-20)30-11-10-27/h6-9,14-15,27H,1,3,10-13,16H2,2,4-5H3. The van der Waals surface area contributed by atoms with Crippen LogP contribution in [-0.4, -0.2) is 43.5 Å². The maximum absolute atomic E-state index is 11.8. The monoisotopic (exact) mass is 454 g/mol. The Kier molecular flexibility index (Phi) is 9.69. The van der Waals surface area contributed by atoms with Crippen LogP contribution in [-0.2, 0) is 25.7 Å². The van der Waals surface area contributed by atoms with Gasteiger partial charge in [-0.15, -0.1) is 0 Å². The first kappa shape index (κ1) is 25.7. The Morgan fingerprint density at radius 2 is 1.52 bits per heavy atom. The number of aliphatic hydroxyl groups excluding tert-OH is 1. The second kappa shape index (κ2) is 12.5. The molecule has 0 saturated heterocycles. The van der Waals surface area contributed by atoms with Crippen molar-refractivity contribution in [1.29, 1.82) is 0 Å². The molecule has 2 aromatic carbocycles. The van der Waals surface area contributed by atoms with Crippen molar-refractivity contribution in [1.82, 2.24) is 0 Å². The lowest BCUT2D eigenvalue weighted by molar-refractivity contribution is -0.140. The maximum atomic E-state index is 11.8. The van der Waals surface area contributed by atoms with Crippen LogP contribution < -0.4 is 9.47 Å². The highest BCUT2D eigenvalue weighted by atomic mass is 16.6. The van der Waals surface area contributed by atoms with Crippen LogP contribution in [0, 0.1) is 6.92 Å².